The molecule has 282 valence electrons. The molecule has 1 N–H and O–H groups in total. The van der Waals surface area contributed by atoms with Crippen molar-refractivity contribution in [2.24, 2.45) is 0 Å². The predicted octanol–water partition coefficient (Wildman–Crippen LogP) is 14.9. The van der Waals surface area contributed by atoms with Crippen LogP contribution in [0, 0.1) is 0 Å². The van der Waals surface area contributed by atoms with E-state index >= 15 is 0 Å². The smallest absolute Gasteiger partial charge is 0.305 e. The molecule has 0 aromatic carbocycles. The van der Waals surface area contributed by atoms with Gasteiger partial charge in [-0.25, -0.2) is 0 Å². The number of unbranched alkanes of at least 4 members (excludes halogenated alkanes) is 29. The van der Waals surface area contributed by atoms with Crippen LogP contribution in [0.25, 0.3) is 0 Å². The van der Waals surface area contributed by atoms with Gasteiger partial charge in [0, 0.05) is 13.0 Å². The number of rotatable bonds is 40. The molecular weight excluding hydrogens is 588 g/mol. The number of hydrogen-bond donors (Lipinski definition) is 1. The average molecular weight is 673 g/mol. The fourth-order valence-corrected chi connectivity index (χ4v) is 6.43. The molecule has 0 saturated heterocycles. The van der Waals surface area contributed by atoms with Gasteiger partial charge in [0.25, 0.3) is 0 Å². The number of allylic oxidation sites excluding steroid dienone is 6. The lowest BCUT2D eigenvalue weighted by atomic mass is 10.0. The summed E-state index contributed by atoms with van der Waals surface area (Å²) in [6.45, 7) is 3.15. The van der Waals surface area contributed by atoms with E-state index in [0.29, 0.717) is 19.6 Å². The second-order valence-corrected chi connectivity index (χ2v) is 14.4. The van der Waals surface area contributed by atoms with E-state index in [-0.39, 0.29) is 5.97 Å². The van der Waals surface area contributed by atoms with Crippen molar-refractivity contribution in [3.8, 4) is 0 Å². The van der Waals surface area contributed by atoms with Crippen LogP contribution in [-0.2, 0) is 9.53 Å². The Morgan fingerprint density at radius 2 is 0.750 bits per heavy atom. The van der Waals surface area contributed by atoms with Gasteiger partial charge >= 0.3 is 5.97 Å². The third kappa shape index (κ3) is 42.7. The Kier molecular flexibility index (Phi) is 42.4. The molecule has 0 aromatic rings. The minimum Gasteiger partial charge on any atom is -0.466 e. The third-order valence-corrected chi connectivity index (χ3v) is 9.60. The second kappa shape index (κ2) is 43.7. The average Bonchev–Trinajstić information content (AvgIpc) is 3.09. The molecule has 0 aliphatic rings. The maximum Gasteiger partial charge on any atom is 0.305 e. The Labute approximate surface area is 301 Å². The molecule has 0 aromatic heterocycles. The number of aliphatic hydroxyl groups is 1. The van der Waals surface area contributed by atoms with Crippen molar-refractivity contribution >= 4 is 5.97 Å². The molecule has 0 amide bonds. The molecule has 3 heteroatoms. The van der Waals surface area contributed by atoms with Crippen molar-refractivity contribution in [1.82, 2.24) is 0 Å². The largest absolute Gasteiger partial charge is 0.466 e. The molecular formula is C45H84O3. The van der Waals surface area contributed by atoms with Crippen molar-refractivity contribution < 1.29 is 14.6 Å². The molecule has 0 atom stereocenters. The summed E-state index contributed by atoms with van der Waals surface area (Å²) >= 11 is 0. The Morgan fingerprint density at radius 3 is 1.17 bits per heavy atom. The molecule has 0 radical (unpaired) electrons. The second-order valence-electron chi connectivity index (χ2n) is 14.4. The van der Waals surface area contributed by atoms with Crippen LogP contribution in [0.1, 0.15) is 232 Å². The minimum absolute atomic E-state index is 0.00552. The Morgan fingerprint density at radius 1 is 0.417 bits per heavy atom. The number of carbonyl (C=O) groups is 1. The fraction of sp³-hybridized carbons (Fsp3) is 0.844. The van der Waals surface area contributed by atoms with Gasteiger partial charge in [-0.3, -0.25) is 4.79 Å². The van der Waals surface area contributed by atoms with Crippen molar-refractivity contribution in [3.63, 3.8) is 0 Å². The standard InChI is InChI=1S/C45H84O3/c1-2-3-4-5-6-7-8-9-21-24-27-30-33-36-39-42-45(47)48-44-41-38-35-32-29-26-23-20-18-16-14-12-10-11-13-15-17-19-22-25-28-31-34-37-40-43-46/h3-4,6-7,9,21,46H,2,5,8,10-20,22-44H2,1H3/b4-3-,7-6-,21-9-. The van der Waals surface area contributed by atoms with Crippen molar-refractivity contribution in [3.05, 3.63) is 36.5 Å². The zero-order valence-corrected chi connectivity index (χ0v) is 32.4. The summed E-state index contributed by atoms with van der Waals surface area (Å²) in [4.78, 5) is 12.0. The highest BCUT2D eigenvalue weighted by atomic mass is 16.5. The molecule has 0 bridgehead atoms. The predicted molar refractivity (Wildman–Crippen MR) is 213 cm³/mol. The van der Waals surface area contributed by atoms with E-state index in [1.807, 2.05) is 0 Å². The fourth-order valence-electron chi connectivity index (χ4n) is 6.43. The van der Waals surface area contributed by atoms with Crippen LogP contribution in [0.3, 0.4) is 0 Å². The highest BCUT2D eigenvalue weighted by Crippen LogP contribution is 2.16. The number of aliphatic hydroxyl groups excluding tert-OH is 1. The van der Waals surface area contributed by atoms with Gasteiger partial charge in [-0.15, -0.1) is 0 Å². The molecule has 0 fully saturated rings. The SMILES string of the molecule is CC/C=C\C/C=C\C/C=C\CCCCCCCC(=O)OCCCCCCCCCCCCCCCCCCCCCCCCCCCO. The Hall–Kier alpha value is -1.35. The third-order valence-electron chi connectivity index (χ3n) is 9.60. The van der Waals surface area contributed by atoms with Gasteiger partial charge in [-0.05, 0) is 51.4 Å². The first-order chi connectivity index (χ1) is 23.8. The molecule has 0 aliphatic carbocycles. The summed E-state index contributed by atoms with van der Waals surface area (Å²) in [5.41, 5.74) is 0. The summed E-state index contributed by atoms with van der Waals surface area (Å²) in [6.07, 6.45) is 58.3. The molecule has 48 heavy (non-hydrogen) atoms. The minimum atomic E-state index is 0.00552. The number of ether oxygens (including phenoxy) is 1. The molecule has 0 saturated carbocycles. The molecule has 0 rings (SSSR count). The zero-order chi connectivity index (χ0) is 34.7. The molecule has 0 aliphatic heterocycles. The molecule has 0 spiro atoms. The van der Waals surface area contributed by atoms with Crippen LogP contribution in [0.4, 0.5) is 0 Å². The first kappa shape index (κ1) is 46.6. The van der Waals surface area contributed by atoms with Gasteiger partial charge in [0.15, 0.2) is 0 Å². The summed E-state index contributed by atoms with van der Waals surface area (Å²) < 4.78 is 5.45. The van der Waals surface area contributed by atoms with Gasteiger partial charge < -0.3 is 9.84 Å². The van der Waals surface area contributed by atoms with Crippen LogP contribution in [-0.4, -0.2) is 24.3 Å². The monoisotopic (exact) mass is 673 g/mol. The van der Waals surface area contributed by atoms with E-state index in [9.17, 15) is 4.79 Å². The zero-order valence-electron chi connectivity index (χ0n) is 32.4. The van der Waals surface area contributed by atoms with Crippen LogP contribution in [0.5, 0.6) is 0 Å². The lowest BCUT2D eigenvalue weighted by molar-refractivity contribution is -0.143. The maximum absolute atomic E-state index is 12.0. The maximum atomic E-state index is 12.0. The van der Waals surface area contributed by atoms with Crippen molar-refractivity contribution in [1.29, 1.82) is 0 Å². The lowest BCUT2D eigenvalue weighted by Crippen LogP contribution is -2.05. The molecule has 0 heterocycles. The quantitative estimate of drug-likeness (QED) is 0.0400. The summed E-state index contributed by atoms with van der Waals surface area (Å²) in [5, 5.41) is 8.80. The van der Waals surface area contributed by atoms with Crippen LogP contribution in [0.15, 0.2) is 36.5 Å². The van der Waals surface area contributed by atoms with E-state index < -0.39 is 0 Å². The molecule has 0 unspecified atom stereocenters. The van der Waals surface area contributed by atoms with Crippen LogP contribution in [0.2, 0.25) is 0 Å². The van der Waals surface area contributed by atoms with E-state index in [2.05, 4.69) is 43.4 Å². The topological polar surface area (TPSA) is 46.5 Å². The van der Waals surface area contributed by atoms with Crippen molar-refractivity contribution in [2.45, 2.75) is 232 Å². The lowest BCUT2D eigenvalue weighted by Gasteiger charge is -2.06. The van der Waals surface area contributed by atoms with Gasteiger partial charge in [0.05, 0.1) is 6.61 Å². The van der Waals surface area contributed by atoms with E-state index in [1.165, 1.54) is 173 Å². The number of carbonyl (C=O) groups excluding carboxylic acids is 1. The first-order valence-corrected chi connectivity index (χ1v) is 21.5. The van der Waals surface area contributed by atoms with Crippen LogP contribution >= 0.6 is 0 Å². The normalized spacial score (nSPS) is 12.0. The Bertz CT molecular complexity index is 694. The summed E-state index contributed by atoms with van der Waals surface area (Å²) in [7, 11) is 0. The Balaban J connectivity index is 3.19. The van der Waals surface area contributed by atoms with Crippen LogP contribution < -0.4 is 0 Å². The summed E-state index contributed by atoms with van der Waals surface area (Å²) in [5.74, 6) is 0.00552. The van der Waals surface area contributed by atoms with Gasteiger partial charge in [-0.2, -0.15) is 0 Å². The van der Waals surface area contributed by atoms with Gasteiger partial charge in [-0.1, -0.05) is 210 Å². The van der Waals surface area contributed by atoms with E-state index in [4.69, 9.17) is 9.84 Å². The summed E-state index contributed by atoms with van der Waals surface area (Å²) in [6, 6.07) is 0. The number of esters is 1. The molecule has 3 nitrogen and oxygen atoms in total. The van der Waals surface area contributed by atoms with E-state index in [1.54, 1.807) is 0 Å². The van der Waals surface area contributed by atoms with Gasteiger partial charge in [0.2, 0.25) is 0 Å². The van der Waals surface area contributed by atoms with Crippen molar-refractivity contribution in [2.75, 3.05) is 13.2 Å². The van der Waals surface area contributed by atoms with Gasteiger partial charge in [0.1, 0.15) is 0 Å². The highest BCUT2D eigenvalue weighted by Gasteiger charge is 2.02. The number of hydrogen-bond acceptors (Lipinski definition) is 3. The van der Waals surface area contributed by atoms with E-state index in [0.717, 1.165) is 44.9 Å². The first-order valence-electron chi connectivity index (χ1n) is 21.5. The highest BCUT2D eigenvalue weighted by molar-refractivity contribution is 5.69.